The van der Waals surface area contributed by atoms with Gasteiger partial charge in [0.2, 0.25) is 17.7 Å². The maximum atomic E-state index is 13.2. The van der Waals surface area contributed by atoms with E-state index in [4.69, 9.17) is 9.47 Å². The van der Waals surface area contributed by atoms with Crippen LogP contribution in [0.25, 0.3) is 0 Å². The highest BCUT2D eigenvalue weighted by molar-refractivity contribution is 6.01. The van der Waals surface area contributed by atoms with E-state index in [0.29, 0.717) is 0 Å². The van der Waals surface area contributed by atoms with Crippen LogP contribution in [0.5, 0.6) is 0 Å². The van der Waals surface area contributed by atoms with Gasteiger partial charge in [-0.15, -0.1) is 0 Å². The van der Waals surface area contributed by atoms with Crippen LogP contribution in [0.1, 0.15) is 73.1 Å². The van der Waals surface area contributed by atoms with Crippen molar-refractivity contribution in [3.05, 3.63) is 29.3 Å². The van der Waals surface area contributed by atoms with Crippen LogP contribution in [0.3, 0.4) is 0 Å². The Bertz CT molecular complexity index is 973. The average molecular weight is 488 g/mol. The smallest absolute Gasteiger partial charge is 0.337 e. The number of methoxy groups -OCH3 is 2. The molecule has 0 spiro atoms. The Kier molecular flexibility index (Phi) is 8.48. The van der Waals surface area contributed by atoms with Crippen LogP contribution in [0.15, 0.2) is 18.2 Å². The van der Waals surface area contributed by atoms with E-state index in [2.05, 4.69) is 10.6 Å². The van der Waals surface area contributed by atoms with Gasteiger partial charge in [-0.1, -0.05) is 26.7 Å². The molecule has 3 rings (SSSR count). The van der Waals surface area contributed by atoms with E-state index >= 15 is 0 Å². The summed E-state index contributed by atoms with van der Waals surface area (Å²) in [6, 6.07) is 2.86. The van der Waals surface area contributed by atoms with Crippen molar-refractivity contribution >= 4 is 35.3 Å². The summed E-state index contributed by atoms with van der Waals surface area (Å²) in [5.41, 5.74) is 0.282. The molecule has 1 aromatic rings. The molecule has 1 aliphatic carbocycles. The molecule has 0 bridgehead atoms. The summed E-state index contributed by atoms with van der Waals surface area (Å²) < 4.78 is 9.44. The molecule has 1 heterocycles. The van der Waals surface area contributed by atoms with Crippen LogP contribution in [0.2, 0.25) is 0 Å². The maximum absolute atomic E-state index is 13.2. The van der Waals surface area contributed by atoms with Crippen molar-refractivity contribution in [2.24, 2.45) is 5.92 Å². The second-order valence-electron chi connectivity index (χ2n) is 9.42. The number of esters is 2. The molecule has 3 atom stereocenters. The van der Waals surface area contributed by atoms with E-state index in [1.807, 2.05) is 13.8 Å². The summed E-state index contributed by atoms with van der Waals surface area (Å²) in [5, 5.41) is 5.65. The summed E-state index contributed by atoms with van der Waals surface area (Å²) in [4.78, 5) is 64.9. The van der Waals surface area contributed by atoms with Crippen LogP contribution in [-0.4, -0.2) is 66.9 Å². The monoisotopic (exact) mass is 487 g/mol. The topological polar surface area (TPSA) is 131 Å². The predicted octanol–water partition coefficient (Wildman–Crippen LogP) is 2.27. The fourth-order valence-corrected chi connectivity index (χ4v) is 4.81. The van der Waals surface area contributed by atoms with Gasteiger partial charge in [-0.2, -0.15) is 0 Å². The number of hydrogen-bond acceptors (Lipinski definition) is 7. The highest BCUT2D eigenvalue weighted by Crippen LogP contribution is 2.31. The van der Waals surface area contributed by atoms with Gasteiger partial charge in [0.15, 0.2) is 0 Å². The van der Waals surface area contributed by atoms with E-state index < -0.39 is 23.9 Å². The molecule has 1 aromatic carbocycles. The molecule has 10 heteroatoms. The van der Waals surface area contributed by atoms with Crippen molar-refractivity contribution in [1.82, 2.24) is 10.2 Å². The largest absolute Gasteiger partial charge is 0.465 e. The van der Waals surface area contributed by atoms with Gasteiger partial charge in [0.05, 0.1) is 37.8 Å². The molecule has 35 heavy (non-hydrogen) atoms. The third-order valence-corrected chi connectivity index (χ3v) is 6.36. The molecular formula is C25H33N3O7. The lowest BCUT2D eigenvalue weighted by atomic mass is 9.84. The van der Waals surface area contributed by atoms with Crippen molar-refractivity contribution in [2.75, 3.05) is 19.5 Å². The molecule has 1 aliphatic heterocycles. The SMILES string of the molecule is COC(=O)c1cc(NC(=O)C[C@@H]2C(=O)N[C@@H]3CCCC[C@H]3N2C(=O)CC(C)C)cc(C(=O)OC)c1. The van der Waals surface area contributed by atoms with E-state index in [1.165, 1.54) is 32.4 Å². The number of ether oxygens (including phenoxy) is 2. The number of piperazine rings is 1. The summed E-state index contributed by atoms with van der Waals surface area (Å²) in [5.74, 6) is -2.27. The molecule has 2 fully saturated rings. The minimum absolute atomic E-state index is 0.0555. The second-order valence-corrected chi connectivity index (χ2v) is 9.42. The molecule has 10 nitrogen and oxygen atoms in total. The van der Waals surface area contributed by atoms with Crippen LogP contribution in [-0.2, 0) is 23.9 Å². The summed E-state index contributed by atoms with van der Waals surface area (Å²) in [6.45, 7) is 3.88. The molecule has 2 N–H and O–H groups in total. The Morgan fingerprint density at radius 1 is 1.03 bits per heavy atom. The molecule has 0 unspecified atom stereocenters. The standard InChI is InChI=1S/C25H33N3O7/c1-14(2)9-22(30)28-19-8-6-5-7-18(19)27-23(31)20(28)13-21(29)26-17-11-15(24(32)34-3)10-16(12-17)25(33)35-4/h10-12,14,18-20H,5-9,13H2,1-4H3,(H,26,29)(H,27,31)/t18-,19-,20-/m1/s1. The van der Waals surface area contributed by atoms with Gasteiger partial charge in [0, 0.05) is 18.2 Å². The van der Waals surface area contributed by atoms with Crippen molar-refractivity contribution in [3.63, 3.8) is 0 Å². The number of carbonyl (C=O) groups excluding carboxylic acids is 5. The van der Waals surface area contributed by atoms with Gasteiger partial charge in [-0.05, 0) is 37.0 Å². The Morgan fingerprint density at radius 2 is 1.63 bits per heavy atom. The van der Waals surface area contributed by atoms with Crippen molar-refractivity contribution < 1.29 is 33.4 Å². The average Bonchev–Trinajstić information content (AvgIpc) is 2.82. The van der Waals surface area contributed by atoms with E-state index in [0.717, 1.165) is 25.7 Å². The lowest BCUT2D eigenvalue weighted by Crippen LogP contribution is -2.68. The first-order valence-corrected chi connectivity index (χ1v) is 11.9. The zero-order chi connectivity index (χ0) is 25.7. The molecule has 0 aromatic heterocycles. The van der Waals surface area contributed by atoms with Gasteiger partial charge in [0.1, 0.15) is 6.04 Å². The van der Waals surface area contributed by atoms with E-state index in [-0.39, 0.29) is 59.5 Å². The van der Waals surface area contributed by atoms with Gasteiger partial charge in [-0.3, -0.25) is 14.4 Å². The summed E-state index contributed by atoms with van der Waals surface area (Å²) in [6.07, 6.45) is 3.55. The Hall–Kier alpha value is -3.43. The number of hydrogen-bond donors (Lipinski definition) is 2. The summed E-state index contributed by atoms with van der Waals surface area (Å²) >= 11 is 0. The zero-order valence-electron chi connectivity index (χ0n) is 20.6. The first-order chi connectivity index (χ1) is 16.6. The minimum Gasteiger partial charge on any atom is -0.465 e. The Labute approximate surface area is 204 Å². The molecule has 0 radical (unpaired) electrons. The quantitative estimate of drug-likeness (QED) is 0.564. The van der Waals surface area contributed by atoms with Gasteiger partial charge in [-0.25, -0.2) is 9.59 Å². The fraction of sp³-hybridized carbons (Fsp3) is 0.560. The normalized spacial score (nSPS) is 21.6. The number of rotatable bonds is 7. The Balaban J connectivity index is 1.84. The molecule has 190 valence electrons. The highest BCUT2D eigenvalue weighted by atomic mass is 16.5. The summed E-state index contributed by atoms with van der Waals surface area (Å²) in [7, 11) is 2.41. The predicted molar refractivity (Wildman–Crippen MR) is 127 cm³/mol. The van der Waals surface area contributed by atoms with Crippen LogP contribution in [0, 0.1) is 5.92 Å². The fourth-order valence-electron chi connectivity index (χ4n) is 4.81. The van der Waals surface area contributed by atoms with Crippen molar-refractivity contribution in [3.8, 4) is 0 Å². The number of carbonyl (C=O) groups is 5. The van der Waals surface area contributed by atoms with Gasteiger partial charge >= 0.3 is 11.9 Å². The molecule has 1 saturated carbocycles. The number of anilines is 1. The van der Waals surface area contributed by atoms with Crippen LogP contribution < -0.4 is 10.6 Å². The van der Waals surface area contributed by atoms with Gasteiger partial charge in [0.25, 0.3) is 0 Å². The minimum atomic E-state index is -0.940. The first-order valence-electron chi connectivity index (χ1n) is 11.9. The van der Waals surface area contributed by atoms with E-state index in [1.54, 1.807) is 4.90 Å². The first kappa shape index (κ1) is 26.2. The number of nitrogens with one attached hydrogen (secondary N) is 2. The lowest BCUT2D eigenvalue weighted by Gasteiger charge is -2.48. The number of nitrogens with zero attached hydrogens (tertiary/aromatic N) is 1. The van der Waals surface area contributed by atoms with Crippen molar-refractivity contribution in [2.45, 2.75) is 70.5 Å². The van der Waals surface area contributed by atoms with E-state index in [9.17, 15) is 24.0 Å². The maximum Gasteiger partial charge on any atom is 0.337 e. The van der Waals surface area contributed by atoms with Crippen molar-refractivity contribution in [1.29, 1.82) is 0 Å². The number of fused-ring (bicyclic) bond motifs is 1. The third kappa shape index (κ3) is 6.17. The molecular weight excluding hydrogens is 454 g/mol. The number of benzene rings is 1. The second kappa shape index (κ2) is 11.3. The zero-order valence-corrected chi connectivity index (χ0v) is 20.6. The molecule has 1 saturated heterocycles. The van der Waals surface area contributed by atoms with Crippen LogP contribution >= 0.6 is 0 Å². The number of amides is 3. The highest BCUT2D eigenvalue weighted by Gasteiger charge is 2.45. The Morgan fingerprint density at radius 3 is 2.20 bits per heavy atom. The molecule has 2 aliphatic rings. The lowest BCUT2D eigenvalue weighted by molar-refractivity contribution is -0.152. The van der Waals surface area contributed by atoms with Crippen LogP contribution in [0.4, 0.5) is 5.69 Å². The third-order valence-electron chi connectivity index (χ3n) is 6.36. The van der Waals surface area contributed by atoms with Gasteiger partial charge < -0.3 is 25.0 Å². The molecule has 3 amide bonds.